The molecule has 0 fully saturated rings. The molecule has 1 aromatic heterocycles. The van der Waals surface area contributed by atoms with Crippen LogP contribution in [0.4, 0.5) is 11.6 Å². The number of rotatable bonds is 4. The van der Waals surface area contributed by atoms with Crippen LogP contribution in [0.1, 0.15) is 0 Å². The summed E-state index contributed by atoms with van der Waals surface area (Å²) >= 11 is 0. The number of nitro benzene ring substituents is 1. The van der Waals surface area contributed by atoms with Crippen LogP contribution in [0.15, 0.2) is 18.2 Å². The summed E-state index contributed by atoms with van der Waals surface area (Å²) in [6.07, 6.45) is 0. The van der Waals surface area contributed by atoms with Gasteiger partial charge in [0.1, 0.15) is 0 Å². The first-order chi connectivity index (χ1) is 8.06. The molecule has 4 N–H and O–H groups in total. The van der Waals surface area contributed by atoms with E-state index in [1.54, 1.807) is 0 Å². The molecule has 2 aromatic rings. The number of fused-ring (bicyclic) bond motifs is 1. The predicted molar refractivity (Wildman–Crippen MR) is 60.4 cm³/mol. The normalized spacial score (nSPS) is 10.4. The van der Waals surface area contributed by atoms with Crippen LogP contribution in [0, 0.1) is 10.1 Å². The zero-order valence-corrected chi connectivity index (χ0v) is 8.64. The SMILES string of the molecule is NC(=O)CNc1nc2ccc([N+](=O)[O-])cc2[nH]1. The highest BCUT2D eigenvalue weighted by atomic mass is 16.6. The van der Waals surface area contributed by atoms with Gasteiger partial charge in [-0.3, -0.25) is 14.9 Å². The van der Waals surface area contributed by atoms with Crippen molar-refractivity contribution in [3.8, 4) is 0 Å². The van der Waals surface area contributed by atoms with E-state index < -0.39 is 10.8 Å². The predicted octanol–water partition coefficient (Wildman–Crippen LogP) is 0.368. The number of primary amides is 1. The molecule has 2 rings (SSSR count). The number of hydrogen-bond donors (Lipinski definition) is 3. The molecular weight excluding hydrogens is 226 g/mol. The van der Waals surface area contributed by atoms with Crippen LogP contribution in [0.3, 0.4) is 0 Å². The van der Waals surface area contributed by atoms with E-state index in [1.807, 2.05) is 0 Å². The van der Waals surface area contributed by atoms with Gasteiger partial charge in [0.05, 0.1) is 22.5 Å². The van der Waals surface area contributed by atoms with E-state index >= 15 is 0 Å². The standard InChI is InChI=1S/C9H9N5O3/c10-8(15)4-11-9-12-6-2-1-5(14(16)17)3-7(6)13-9/h1-3H,4H2,(H2,10,15)(H2,11,12,13). The maximum atomic E-state index is 10.6. The third-order valence-electron chi connectivity index (χ3n) is 2.11. The number of non-ortho nitro benzene ring substituents is 1. The van der Waals surface area contributed by atoms with E-state index in [1.165, 1.54) is 18.2 Å². The average Bonchev–Trinajstić information content (AvgIpc) is 2.67. The van der Waals surface area contributed by atoms with Crippen molar-refractivity contribution in [2.75, 3.05) is 11.9 Å². The minimum absolute atomic E-state index is 0.0254. The number of anilines is 1. The minimum atomic E-state index is -0.517. The molecule has 1 aromatic carbocycles. The van der Waals surface area contributed by atoms with Gasteiger partial charge in [0.15, 0.2) is 0 Å². The molecule has 0 spiro atoms. The number of benzene rings is 1. The molecule has 88 valence electrons. The molecule has 17 heavy (non-hydrogen) atoms. The molecule has 0 unspecified atom stereocenters. The number of nitrogens with zero attached hydrogens (tertiary/aromatic N) is 2. The molecule has 0 aliphatic carbocycles. The van der Waals surface area contributed by atoms with Crippen molar-refractivity contribution >= 4 is 28.6 Å². The zero-order valence-electron chi connectivity index (χ0n) is 8.64. The number of carbonyl (C=O) groups is 1. The summed E-state index contributed by atoms with van der Waals surface area (Å²) in [6, 6.07) is 4.26. The van der Waals surface area contributed by atoms with Gasteiger partial charge in [-0.15, -0.1) is 0 Å². The molecule has 0 radical (unpaired) electrons. The lowest BCUT2D eigenvalue weighted by atomic mass is 10.3. The van der Waals surface area contributed by atoms with Crippen LogP contribution >= 0.6 is 0 Å². The van der Waals surface area contributed by atoms with Gasteiger partial charge in [-0.25, -0.2) is 4.98 Å². The first-order valence-corrected chi connectivity index (χ1v) is 4.72. The van der Waals surface area contributed by atoms with Gasteiger partial charge in [-0.1, -0.05) is 0 Å². The second-order valence-corrected chi connectivity index (χ2v) is 3.36. The highest BCUT2D eigenvalue weighted by Gasteiger charge is 2.09. The Hall–Kier alpha value is -2.64. The highest BCUT2D eigenvalue weighted by molar-refractivity contribution is 5.82. The fraction of sp³-hybridized carbons (Fsp3) is 0.111. The summed E-state index contributed by atoms with van der Waals surface area (Å²) in [5, 5.41) is 13.2. The lowest BCUT2D eigenvalue weighted by molar-refractivity contribution is -0.384. The summed E-state index contributed by atoms with van der Waals surface area (Å²) in [7, 11) is 0. The maximum absolute atomic E-state index is 10.6. The number of aromatic nitrogens is 2. The monoisotopic (exact) mass is 235 g/mol. The van der Waals surface area contributed by atoms with Crippen molar-refractivity contribution in [2.24, 2.45) is 5.73 Å². The van der Waals surface area contributed by atoms with Gasteiger partial charge in [0, 0.05) is 12.1 Å². The Kier molecular flexibility index (Phi) is 2.61. The van der Waals surface area contributed by atoms with E-state index in [9.17, 15) is 14.9 Å². The second-order valence-electron chi connectivity index (χ2n) is 3.36. The number of H-pyrrole nitrogens is 1. The molecule has 1 heterocycles. The van der Waals surface area contributed by atoms with Gasteiger partial charge >= 0.3 is 0 Å². The van der Waals surface area contributed by atoms with Crippen LogP contribution in [-0.4, -0.2) is 27.3 Å². The van der Waals surface area contributed by atoms with E-state index in [0.717, 1.165) is 0 Å². The molecule has 1 amide bonds. The van der Waals surface area contributed by atoms with Crippen LogP contribution in [0.2, 0.25) is 0 Å². The van der Waals surface area contributed by atoms with Gasteiger partial charge in [0.2, 0.25) is 11.9 Å². The lowest BCUT2D eigenvalue weighted by Gasteiger charge is -1.96. The van der Waals surface area contributed by atoms with Crippen molar-refractivity contribution < 1.29 is 9.72 Å². The van der Waals surface area contributed by atoms with Crippen molar-refractivity contribution in [1.82, 2.24) is 9.97 Å². The molecule has 0 aliphatic rings. The number of nitro groups is 1. The smallest absolute Gasteiger partial charge is 0.271 e. The Bertz CT molecular complexity index is 591. The Balaban J connectivity index is 2.30. The Morgan fingerprint density at radius 1 is 1.59 bits per heavy atom. The van der Waals surface area contributed by atoms with Crippen LogP contribution < -0.4 is 11.1 Å². The minimum Gasteiger partial charge on any atom is -0.368 e. The Morgan fingerprint density at radius 3 is 3.00 bits per heavy atom. The Labute approximate surface area is 95.0 Å². The quantitative estimate of drug-likeness (QED) is 0.521. The highest BCUT2D eigenvalue weighted by Crippen LogP contribution is 2.20. The topological polar surface area (TPSA) is 127 Å². The fourth-order valence-electron chi connectivity index (χ4n) is 1.37. The lowest BCUT2D eigenvalue weighted by Crippen LogP contribution is -2.22. The van der Waals surface area contributed by atoms with E-state index in [0.29, 0.717) is 17.0 Å². The molecule has 0 saturated heterocycles. The second kappa shape index (κ2) is 4.08. The molecule has 0 saturated carbocycles. The van der Waals surface area contributed by atoms with Crippen molar-refractivity contribution in [3.05, 3.63) is 28.3 Å². The van der Waals surface area contributed by atoms with Gasteiger partial charge in [-0.05, 0) is 6.07 Å². The largest absolute Gasteiger partial charge is 0.368 e. The molecular formula is C9H9N5O3. The zero-order chi connectivity index (χ0) is 12.4. The average molecular weight is 235 g/mol. The number of nitrogens with one attached hydrogen (secondary N) is 2. The van der Waals surface area contributed by atoms with E-state index in [-0.39, 0.29) is 12.2 Å². The Morgan fingerprint density at radius 2 is 2.35 bits per heavy atom. The van der Waals surface area contributed by atoms with Gasteiger partial charge in [-0.2, -0.15) is 0 Å². The molecule has 0 atom stereocenters. The van der Waals surface area contributed by atoms with Crippen LogP contribution in [0.5, 0.6) is 0 Å². The first-order valence-electron chi connectivity index (χ1n) is 4.72. The number of aromatic amines is 1. The number of amides is 1. The summed E-state index contributed by atoms with van der Waals surface area (Å²) < 4.78 is 0. The molecule has 8 nitrogen and oxygen atoms in total. The summed E-state index contributed by atoms with van der Waals surface area (Å²) in [5.41, 5.74) is 6.03. The van der Waals surface area contributed by atoms with Crippen LogP contribution in [0.25, 0.3) is 11.0 Å². The molecule has 8 heteroatoms. The van der Waals surface area contributed by atoms with Gasteiger partial charge < -0.3 is 16.0 Å². The van der Waals surface area contributed by atoms with E-state index in [4.69, 9.17) is 5.73 Å². The number of imidazole rings is 1. The van der Waals surface area contributed by atoms with Crippen molar-refractivity contribution in [2.45, 2.75) is 0 Å². The number of carbonyl (C=O) groups excluding carboxylic acids is 1. The molecule has 0 aliphatic heterocycles. The number of nitrogens with two attached hydrogens (primary N) is 1. The summed E-state index contributed by atoms with van der Waals surface area (Å²) in [4.78, 5) is 27.5. The maximum Gasteiger partial charge on any atom is 0.271 e. The first kappa shape index (κ1) is 10.9. The van der Waals surface area contributed by atoms with E-state index in [2.05, 4.69) is 15.3 Å². The summed E-state index contributed by atoms with van der Waals surface area (Å²) in [6.45, 7) is -0.0537. The van der Waals surface area contributed by atoms with Gasteiger partial charge in [0.25, 0.3) is 5.69 Å². The third kappa shape index (κ3) is 2.30. The number of hydrogen-bond acceptors (Lipinski definition) is 5. The fourth-order valence-corrected chi connectivity index (χ4v) is 1.37. The van der Waals surface area contributed by atoms with Crippen LogP contribution in [-0.2, 0) is 4.79 Å². The van der Waals surface area contributed by atoms with Crippen molar-refractivity contribution in [3.63, 3.8) is 0 Å². The van der Waals surface area contributed by atoms with Crippen molar-refractivity contribution in [1.29, 1.82) is 0 Å². The summed E-state index contributed by atoms with van der Waals surface area (Å²) in [5.74, 6) is -0.171. The third-order valence-corrected chi connectivity index (χ3v) is 2.11. The molecule has 0 bridgehead atoms.